The largest absolute Gasteiger partial charge is 0.284 e. The minimum Gasteiger partial charge on any atom is -0.284 e. The minimum absolute atomic E-state index is 0.0264. The number of thiazole rings is 1. The third kappa shape index (κ3) is 5.18. The molecule has 3 nitrogen and oxygen atoms in total. The van der Waals surface area contributed by atoms with Gasteiger partial charge in [0.25, 0.3) is 0 Å². The molecule has 35 heavy (non-hydrogen) atoms. The van der Waals surface area contributed by atoms with Crippen LogP contribution >= 0.6 is 11.3 Å². The summed E-state index contributed by atoms with van der Waals surface area (Å²) in [5, 5.41) is 0.752. The molecule has 1 aromatic heterocycles. The lowest BCUT2D eigenvalue weighted by atomic mass is 9.88. The number of anilines is 1. The third-order valence-corrected chi connectivity index (χ3v) is 7.34. The van der Waals surface area contributed by atoms with Gasteiger partial charge in [0.15, 0.2) is 5.13 Å². The Morgan fingerprint density at radius 3 is 2.00 bits per heavy atom. The SMILES string of the molecule is Cc1cc(C)c2nc(N(Cc3ccccc3)C(=O)CC(c3ccccc3)c3ccccc3)sc2c1. The van der Waals surface area contributed by atoms with Crippen LogP contribution in [0.2, 0.25) is 0 Å². The second-order valence-corrected chi connectivity index (χ2v) is 9.98. The molecule has 1 heterocycles. The van der Waals surface area contributed by atoms with Gasteiger partial charge < -0.3 is 0 Å². The maximum absolute atomic E-state index is 14.0. The molecule has 0 spiro atoms. The van der Waals surface area contributed by atoms with Crippen molar-refractivity contribution < 1.29 is 4.79 Å². The van der Waals surface area contributed by atoms with Crippen LogP contribution in [-0.4, -0.2) is 10.9 Å². The molecule has 4 aromatic carbocycles. The summed E-state index contributed by atoms with van der Waals surface area (Å²) in [6, 6.07) is 35.1. The fourth-order valence-corrected chi connectivity index (χ4v) is 5.74. The van der Waals surface area contributed by atoms with Crippen LogP contribution in [0.3, 0.4) is 0 Å². The number of hydrogen-bond acceptors (Lipinski definition) is 3. The highest BCUT2D eigenvalue weighted by atomic mass is 32.1. The Kier molecular flexibility index (Phi) is 6.73. The molecular weight excluding hydrogens is 448 g/mol. The standard InChI is InChI=1S/C31H28N2OS/c1-22-18-23(2)30-28(19-22)35-31(32-30)33(21-24-12-6-3-7-13-24)29(34)20-27(25-14-8-4-9-15-25)26-16-10-5-11-17-26/h3-19,27H,20-21H2,1-2H3. The molecule has 4 heteroatoms. The van der Waals surface area contributed by atoms with E-state index in [1.807, 2.05) is 59.5 Å². The van der Waals surface area contributed by atoms with E-state index in [1.54, 1.807) is 11.3 Å². The average Bonchev–Trinajstić information content (AvgIpc) is 3.31. The topological polar surface area (TPSA) is 33.2 Å². The zero-order chi connectivity index (χ0) is 24.2. The molecule has 5 aromatic rings. The Labute approximate surface area is 210 Å². The second kappa shape index (κ2) is 10.2. The molecule has 174 valence electrons. The van der Waals surface area contributed by atoms with Crippen LogP contribution in [-0.2, 0) is 11.3 Å². The number of rotatable bonds is 7. The van der Waals surface area contributed by atoms with E-state index in [4.69, 9.17) is 4.98 Å². The molecular formula is C31H28N2OS. The summed E-state index contributed by atoms with van der Waals surface area (Å²) in [4.78, 5) is 20.8. The number of nitrogens with zero attached hydrogens (tertiary/aromatic N) is 2. The van der Waals surface area contributed by atoms with Crippen LogP contribution in [0.15, 0.2) is 103 Å². The smallest absolute Gasteiger partial charge is 0.230 e. The monoisotopic (exact) mass is 476 g/mol. The average molecular weight is 477 g/mol. The molecule has 0 aliphatic rings. The Hall–Kier alpha value is -3.76. The summed E-state index contributed by atoms with van der Waals surface area (Å²) in [6.07, 6.45) is 0.370. The number of aromatic nitrogens is 1. The molecule has 0 aliphatic heterocycles. The molecule has 1 amide bonds. The van der Waals surface area contributed by atoms with Crippen molar-refractivity contribution in [3.8, 4) is 0 Å². The van der Waals surface area contributed by atoms with Crippen molar-refractivity contribution in [3.05, 3.63) is 131 Å². The van der Waals surface area contributed by atoms with Gasteiger partial charge in [-0.3, -0.25) is 9.69 Å². The highest BCUT2D eigenvalue weighted by molar-refractivity contribution is 7.22. The van der Waals surface area contributed by atoms with E-state index < -0.39 is 0 Å². The molecule has 0 N–H and O–H groups in total. The zero-order valence-corrected chi connectivity index (χ0v) is 20.8. The van der Waals surface area contributed by atoms with Gasteiger partial charge in [-0.2, -0.15) is 0 Å². The predicted octanol–water partition coefficient (Wildman–Crippen LogP) is 7.67. The van der Waals surface area contributed by atoms with Crippen molar-refractivity contribution in [1.82, 2.24) is 4.98 Å². The van der Waals surface area contributed by atoms with E-state index >= 15 is 0 Å². The normalized spacial score (nSPS) is 11.2. The van der Waals surface area contributed by atoms with Crippen molar-refractivity contribution in [1.29, 1.82) is 0 Å². The number of carbonyl (C=O) groups is 1. The molecule has 0 unspecified atom stereocenters. The lowest BCUT2D eigenvalue weighted by Gasteiger charge is -2.24. The van der Waals surface area contributed by atoms with Crippen LogP contribution in [0.1, 0.15) is 40.2 Å². The molecule has 0 radical (unpaired) electrons. The third-order valence-electron chi connectivity index (χ3n) is 6.32. The Balaban J connectivity index is 1.54. The fraction of sp³-hybridized carbons (Fsp3) is 0.161. The summed E-state index contributed by atoms with van der Waals surface area (Å²) in [6.45, 7) is 4.68. The molecule has 0 saturated heterocycles. The Bertz CT molecular complexity index is 1390. The summed E-state index contributed by atoms with van der Waals surface area (Å²) in [7, 11) is 0. The van der Waals surface area contributed by atoms with Gasteiger partial charge in [-0.1, -0.05) is 108 Å². The van der Waals surface area contributed by atoms with E-state index in [2.05, 4.69) is 62.4 Å². The first-order chi connectivity index (χ1) is 17.1. The highest BCUT2D eigenvalue weighted by Gasteiger charge is 2.25. The van der Waals surface area contributed by atoms with Crippen molar-refractivity contribution in [2.75, 3.05) is 4.90 Å². The van der Waals surface area contributed by atoms with Crippen LogP contribution in [0, 0.1) is 13.8 Å². The number of benzene rings is 4. The molecule has 0 saturated carbocycles. The van der Waals surface area contributed by atoms with Gasteiger partial charge in [-0.25, -0.2) is 4.98 Å². The van der Waals surface area contributed by atoms with Gasteiger partial charge in [0.05, 0.1) is 16.8 Å². The first-order valence-corrected chi connectivity index (χ1v) is 12.7. The first-order valence-electron chi connectivity index (χ1n) is 11.9. The number of amides is 1. The summed E-state index contributed by atoms with van der Waals surface area (Å²) >= 11 is 1.59. The van der Waals surface area contributed by atoms with Crippen molar-refractivity contribution in [2.45, 2.75) is 32.7 Å². The van der Waals surface area contributed by atoms with Crippen LogP contribution < -0.4 is 4.90 Å². The van der Waals surface area contributed by atoms with Crippen molar-refractivity contribution in [3.63, 3.8) is 0 Å². The molecule has 0 aliphatic carbocycles. The van der Waals surface area contributed by atoms with Crippen LogP contribution in [0.4, 0.5) is 5.13 Å². The first kappa shape index (κ1) is 23.0. The molecule has 0 fully saturated rings. The quantitative estimate of drug-likeness (QED) is 0.241. The second-order valence-electron chi connectivity index (χ2n) is 8.97. The maximum atomic E-state index is 14.0. The van der Waals surface area contributed by atoms with Gasteiger partial charge in [0.1, 0.15) is 0 Å². The van der Waals surface area contributed by atoms with Gasteiger partial charge >= 0.3 is 0 Å². The number of carbonyl (C=O) groups excluding carboxylic acids is 1. The summed E-state index contributed by atoms with van der Waals surface area (Å²) in [5.41, 5.74) is 6.69. The van der Waals surface area contributed by atoms with Gasteiger partial charge in [-0.15, -0.1) is 0 Å². The lowest BCUT2D eigenvalue weighted by Crippen LogP contribution is -2.31. The van der Waals surface area contributed by atoms with Gasteiger partial charge in [0, 0.05) is 12.3 Å². The van der Waals surface area contributed by atoms with Crippen LogP contribution in [0.5, 0.6) is 0 Å². The fourth-order valence-electron chi connectivity index (χ4n) is 4.59. The van der Waals surface area contributed by atoms with Crippen molar-refractivity contribution in [2.24, 2.45) is 0 Å². The Morgan fingerprint density at radius 2 is 1.40 bits per heavy atom. The summed E-state index contributed by atoms with van der Waals surface area (Å²) < 4.78 is 1.12. The van der Waals surface area contributed by atoms with Crippen molar-refractivity contribution >= 4 is 32.6 Å². The maximum Gasteiger partial charge on any atom is 0.230 e. The van der Waals surface area contributed by atoms with Gasteiger partial charge in [0.2, 0.25) is 5.91 Å². The van der Waals surface area contributed by atoms with E-state index in [-0.39, 0.29) is 11.8 Å². The number of aryl methyl sites for hydroxylation is 2. The zero-order valence-electron chi connectivity index (χ0n) is 20.0. The summed E-state index contributed by atoms with van der Waals surface area (Å²) in [5.74, 6) is 0.0431. The predicted molar refractivity (Wildman–Crippen MR) is 146 cm³/mol. The molecule has 0 atom stereocenters. The highest BCUT2D eigenvalue weighted by Crippen LogP contribution is 2.35. The molecule has 5 rings (SSSR count). The van der Waals surface area contributed by atoms with E-state index in [1.165, 1.54) is 5.56 Å². The number of fused-ring (bicyclic) bond motifs is 1. The molecule has 0 bridgehead atoms. The minimum atomic E-state index is -0.0264. The van der Waals surface area contributed by atoms with Gasteiger partial charge in [-0.05, 0) is 47.7 Å². The van der Waals surface area contributed by atoms with Crippen LogP contribution in [0.25, 0.3) is 10.2 Å². The van der Waals surface area contributed by atoms with E-state index in [9.17, 15) is 4.79 Å². The lowest BCUT2D eigenvalue weighted by molar-refractivity contribution is -0.119. The Morgan fingerprint density at radius 1 is 0.829 bits per heavy atom. The number of hydrogen-bond donors (Lipinski definition) is 0. The van der Waals surface area contributed by atoms with E-state index in [0.29, 0.717) is 13.0 Å². The van der Waals surface area contributed by atoms with E-state index in [0.717, 1.165) is 37.6 Å².